The maximum absolute atomic E-state index is 10.2. The van der Waals surface area contributed by atoms with Crippen molar-refractivity contribution in [1.29, 1.82) is 0 Å². The summed E-state index contributed by atoms with van der Waals surface area (Å²) in [5.41, 5.74) is 10.7. The zero-order valence-electron chi connectivity index (χ0n) is 6.08. The Morgan fingerprint density at radius 1 is 1.60 bits per heavy atom. The van der Waals surface area contributed by atoms with Crippen molar-refractivity contribution in [2.45, 2.75) is 31.8 Å². The normalized spacial score (nSPS) is 16.3. The van der Waals surface area contributed by atoms with Crippen LogP contribution in [0.2, 0.25) is 0 Å². The summed E-state index contributed by atoms with van der Waals surface area (Å²) < 4.78 is 0. The Hall–Kier alpha value is -0.610. The molecule has 0 aliphatic heterocycles. The number of nitrogens with two attached hydrogens (primary N) is 2. The van der Waals surface area contributed by atoms with Gasteiger partial charge in [-0.15, -0.1) is 0 Å². The van der Waals surface area contributed by atoms with E-state index in [-0.39, 0.29) is 6.04 Å². The second-order valence-electron chi connectivity index (χ2n) is 2.35. The molecule has 2 unspecified atom stereocenters. The molecule has 0 aromatic rings. The van der Waals surface area contributed by atoms with Gasteiger partial charge in [-0.3, -0.25) is 4.79 Å². The number of rotatable bonds is 4. The largest absolute Gasteiger partial charge is 0.480 e. The van der Waals surface area contributed by atoms with Crippen LogP contribution in [0.15, 0.2) is 0 Å². The van der Waals surface area contributed by atoms with Gasteiger partial charge in [-0.2, -0.15) is 0 Å². The Labute approximate surface area is 60.2 Å². The summed E-state index contributed by atoms with van der Waals surface area (Å²) in [5.74, 6) is -0.982. The highest BCUT2D eigenvalue weighted by atomic mass is 16.4. The second kappa shape index (κ2) is 4.24. The van der Waals surface area contributed by atoms with Crippen LogP contribution in [0.25, 0.3) is 0 Å². The van der Waals surface area contributed by atoms with Gasteiger partial charge in [0.05, 0.1) is 0 Å². The zero-order valence-corrected chi connectivity index (χ0v) is 6.08. The first-order chi connectivity index (χ1) is 4.57. The van der Waals surface area contributed by atoms with Crippen molar-refractivity contribution in [3.63, 3.8) is 0 Å². The smallest absolute Gasteiger partial charge is 0.320 e. The molecular formula is C6H14N2O2. The molecule has 0 saturated carbocycles. The minimum Gasteiger partial charge on any atom is -0.480 e. The molecular weight excluding hydrogens is 132 g/mol. The van der Waals surface area contributed by atoms with Crippen LogP contribution < -0.4 is 11.5 Å². The molecule has 5 N–H and O–H groups in total. The van der Waals surface area contributed by atoms with E-state index in [1.54, 1.807) is 0 Å². The van der Waals surface area contributed by atoms with E-state index in [2.05, 4.69) is 0 Å². The average molecular weight is 146 g/mol. The van der Waals surface area contributed by atoms with Gasteiger partial charge in [-0.25, -0.2) is 0 Å². The number of carboxylic acid groups (broad SMARTS) is 1. The van der Waals surface area contributed by atoms with Crippen molar-refractivity contribution in [2.24, 2.45) is 11.5 Å². The number of carboxylic acids is 1. The molecule has 0 aliphatic carbocycles. The molecule has 4 heteroatoms. The summed E-state index contributed by atoms with van der Waals surface area (Å²) in [5, 5.41) is 8.35. The molecule has 0 aromatic carbocycles. The zero-order chi connectivity index (χ0) is 8.15. The summed E-state index contributed by atoms with van der Waals surface area (Å²) in [7, 11) is 0. The van der Waals surface area contributed by atoms with Crippen LogP contribution in [-0.4, -0.2) is 23.2 Å². The third kappa shape index (κ3) is 3.42. The van der Waals surface area contributed by atoms with Crippen LogP contribution in [0.4, 0.5) is 0 Å². The van der Waals surface area contributed by atoms with Gasteiger partial charge in [-0.1, -0.05) is 6.92 Å². The van der Waals surface area contributed by atoms with Crippen LogP contribution >= 0.6 is 0 Å². The molecule has 0 aromatic heterocycles. The minimum atomic E-state index is -0.982. The lowest BCUT2D eigenvalue weighted by atomic mass is 10.1. The van der Waals surface area contributed by atoms with Gasteiger partial charge >= 0.3 is 5.97 Å². The van der Waals surface area contributed by atoms with Crippen LogP contribution in [0.3, 0.4) is 0 Å². The predicted molar refractivity (Wildman–Crippen MR) is 38.5 cm³/mol. The Bertz CT molecular complexity index is 116. The van der Waals surface area contributed by atoms with Crippen molar-refractivity contribution in [1.82, 2.24) is 0 Å². The molecule has 60 valence electrons. The van der Waals surface area contributed by atoms with E-state index in [4.69, 9.17) is 16.6 Å². The van der Waals surface area contributed by atoms with Crippen molar-refractivity contribution in [2.75, 3.05) is 0 Å². The second-order valence-corrected chi connectivity index (χ2v) is 2.35. The Balaban J connectivity index is 3.56. The van der Waals surface area contributed by atoms with Gasteiger partial charge in [0.1, 0.15) is 6.04 Å². The molecule has 0 aliphatic rings. The van der Waals surface area contributed by atoms with Gasteiger partial charge in [-0.05, 0) is 12.8 Å². The van der Waals surface area contributed by atoms with Crippen molar-refractivity contribution >= 4 is 5.97 Å². The van der Waals surface area contributed by atoms with Crippen molar-refractivity contribution in [3.8, 4) is 0 Å². The summed E-state index contributed by atoms with van der Waals surface area (Å²) in [6.45, 7) is 1.90. The predicted octanol–water partition coefficient (Wildman–Crippen LogP) is -0.474. The van der Waals surface area contributed by atoms with Gasteiger partial charge in [0.25, 0.3) is 0 Å². The highest BCUT2D eigenvalue weighted by molar-refractivity contribution is 5.73. The first-order valence-corrected chi connectivity index (χ1v) is 3.31. The van der Waals surface area contributed by atoms with Crippen LogP contribution in [-0.2, 0) is 4.79 Å². The molecule has 0 fully saturated rings. The molecule has 0 rings (SSSR count). The Morgan fingerprint density at radius 3 is 2.40 bits per heavy atom. The summed E-state index contributed by atoms with van der Waals surface area (Å²) in [6, 6.07) is -0.902. The van der Waals surface area contributed by atoms with Gasteiger partial charge in [0.15, 0.2) is 0 Å². The fourth-order valence-corrected chi connectivity index (χ4v) is 0.594. The fourth-order valence-electron chi connectivity index (χ4n) is 0.594. The Morgan fingerprint density at radius 2 is 2.10 bits per heavy atom. The SMILES string of the molecule is CCC(N)CC(N)C(=O)O. The topological polar surface area (TPSA) is 89.3 Å². The van der Waals surface area contributed by atoms with E-state index in [0.717, 1.165) is 6.42 Å². The van der Waals surface area contributed by atoms with E-state index in [1.165, 1.54) is 0 Å². The monoisotopic (exact) mass is 146 g/mol. The van der Waals surface area contributed by atoms with Gasteiger partial charge in [0, 0.05) is 6.04 Å². The number of carbonyl (C=O) groups is 1. The standard InChI is InChI=1S/C6H14N2O2/c1-2-4(7)3-5(8)6(9)10/h4-5H,2-3,7-8H2,1H3,(H,9,10). The minimum absolute atomic E-state index is 0.0916. The van der Waals surface area contributed by atoms with Crippen molar-refractivity contribution < 1.29 is 9.90 Å². The highest BCUT2D eigenvalue weighted by Gasteiger charge is 2.13. The third-order valence-electron chi connectivity index (χ3n) is 1.40. The van der Waals surface area contributed by atoms with Gasteiger partial charge in [0.2, 0.25) is 0 Å². The lowest BCUT2D eigenvalue weighted by molar-refractivity contribution is -0.138. The average Bonchev–Trinajstić information content (AvgIpc) is 1.87. The number of hydrogen-bond donors (Lipinski definition) is 3. The quantitative estimate of drug-likeness (QED) is 0.500. The molecule has 0 radical (unpaired) electrons. The van der Waals surface area contributed by atoms with E-state index in [1.807, 2.05) is 6.92 Å². The van der Waals surface area contributed by atoms with E-state index in [0.29, 0.717) is 6.42 Å². The molecule has 0 heterocycles. The van der Waals surface area contributed by atoms with Gasteiger partial charge < -0.3 is 16.6 Å². The summed E-state index contributed by atoms with van der Waals surface area (Å²) in [6.07, 6.45) is 1.12. The molecule has 0 amide bonds. The third-order valence-corrected chi connectivity index (χ3v) is 1.40. The molecule has 10 heavy (non-hydrogen) atoms. The number of hydrogen-bond acceptors (Lipinski definition) is 3. The van der Waals surface area contributed by atoms with E-state index >= 15 is 0 Å². The van der Waals surface area contributed by atoms with E-state index in [9.17, 15) is 4.79 Å². The number of aliphatic carboxylic acids is 1. The van der Waals surface area contributed by atoms with Crippen molar-refractivity contribution in [3.05, 3.63) is 0 Å². The lowest BCUT2D eigenvalue weighted by Crippen LogP contribution is -2.36. The maximum Gasteiger partial charge on any atom is 0.320 e. The first kappa shape index (κ1) is 9.39. The molecule has 2 atom stereocenters. The highest BCUT2D eigenvalue weighted by Crippen LogP contribution is 1.96. The molecule has 4 nitrogen and oxygen atoms in total. The first-order valence-electron chi connectivity index (χ1n) is 3.31. The Kier molecular flexibility index (Phi) is 3.99. The van der Waals surface area contributed by atoms with E-state index < -0.39 is 12.0 Å². The molecule has 0 spiro atoms. The summed E-state index contributed by atoms with van der Waals surface area (Å²) >= 11 is 0. The van der Waals surface area contributed by atoms with Crippen LogP contribution in [0, 0.1) is 0 Å². The fraction of sp³-hybridized carbons (Fsp3) is 0.833. The molecule has 0 bridgehead atoms. The van der Waals surface area contributed by atoms with Crippen LogP contribution in [0.5, 0.6) is 0 Å². The maximum atomic E-state index is 10.2. The lowest BCUT2D eigenvalue weighted by Gasteiger charge is -2.10. The summed E-state index contributed by atoms with van der Waals surface area (Å²) in [4.78, 5) is 10.2. The molecule has 0 saturated heterocycles. The van der Waals surface area contributed by atoms with Crippen LogP contribution in [0.1, 0.15) is 19.8 Å².